The molecule has 0 radical (unpaired) electrons. The highest BCUT2D eigenvalue weighted by molar-refractivity contribution is 4.58. The molecule has 1 N–H and O–H groups in total. The molecule has 0 amide bonds. The Morgan fingerprint density at radius 2 is 1.64 bits per heavy atom. The Kier molecular flexibility index (Phi) is 7.96. The standard InChI is InChI=1S/C6H13N.C3H9N/c1-7-5-3-2-4-6-7;1-3-4-2/h2-6H2,1H3;4H,3H2,1-2H3. The topological polar surface area (TPSA) is 15.3 Å². The molecule has 0 aromatic rings. The van der Waals surface area contributed by atoms with Gasteiger partial charge in [0.15, 0.2) is 0 Å². The Morgan fingerprint density at radius 1 is 1.18 bits per heavy atom. The van der Waals surface area contributed by atoms with Crippen molar-refractivity contribution in [3.05, 3.63) is 0 Å². The maximum atomic E-state index is 2.93. The first kappa shape index (κ1) is 10.9. The number of hydrogen-bond acceptors (Lipinski definition) is 2. The van der Waals surface area contributed by atoms with Gasteiger partial charge in [-0.15, -0.1) is 0 Å². The van der Waals surface area contributed by atoms with Crippen LogP contribution in [0.25, 0.3) is 0 Å². The van der Waals surface area contributed by atoms with Crippen LogP contribution in [0.3, 0.4) is 0 Å². The van der Waals surface area contributed by atoms with E-state index in [1.165, 1.54) is 32.4 Å². The third kappa shape index (κ3) is 7.82. The summed E-state index contributed by atoms with van der Waals surface area (Å²) in [6, 6.07) is 0. The van der Waals surface area contributed by atoms with E-state index >= 15 is 0 Å². The summed E-state index contributed by atoms with van der Waals surface area (Å²) < 4.78 is 0. The number of nitrogens with zero attached hydrogens (tertiary/aromatic N) is 1. The fraction of sp³-hybridized carbons (Fsp3) is 1.00. The quantitative estimate of drug-likeness (QED) is 0.619. The maximum Gasteiger partial charge on any atom is -0.00218 e. The van der Waals surface area contributed by atoms with Gasteiger partial charge >= 0.3 is 0 Å². The van der Waals surface area contributed by atoms with Gasteiger partial charge in [-0.25, -0.2) is 0 Å². The molecule has 1 heterocycles. The van der Waals surface area contributed by atoms with Gasteiger partial charge in [0.1, 0.15) is 0 Å². The predicted octanol–water partition coefficient (Wildman–Crippen LogP) is 1.33. The Hall–Kier alpha value is -0.0800. The van der Waals surface area contributed by atoms with Crippen molar-refractivity contribution in [3.63, 3.8) is 0 Å². The molecule has 0 unspecified atom stereocenters. The van der Waals surface area contributed by atoms with Gasteiger partial charge in [-0.3, -0.25) is 0 Å². The van der Waals surface area contributed by atoms with Crippen LogP contribution in [-0.2, 0) is 0 Å². The van der Waals surface area contributed by atoms with Crippen molar-refractivity contribution < 1.29 is 0 Å². The first-order valence-electron chi connectivity index (χ1n) is 4.64. The van der Waals surface area contributed by atoms with Crippen molar-refractivity contribution in [1.82, 2.24) is 10.2 Å². The van der Waals surface area contributed by atoms with Crippen LogP contribution >= 0.6 is 0 Å². The van der Waals surface area contributed by atoms with Crippen LogP contribution in [0.2, 0.25) is 0 Å². The van der Waals surface area contributed by atoms with E-state index in [2.05, 4.69) is 24.2 Å². The van der Waals surface area contributed by atoms with E-state index in [1.807, 2.05) is 7.05 Å². The van der Waals surface area contributed by atoms with Gasteiger partial charge in [-0.1, -0.05) is 13.3 Å². The van der Waals surface area contributed by atoms with Crippen molar-refractivity contribution in [2.24, 2.45) is 0 Å². The zero-order valence-corrected chi connectivity index (χ0v) is 8.19. The average molecular weight is 158 g/mol. The molecule has 0 aromatic carbocycles. The zero-order chi connectivity index (χ0) is 8.53. The second-order valence-electron chi connectivity index (χ2n) is 3.07. The van der Waals surface area contributed by atoms with Crippen LogP contribution in [0, 0.1) is 0 Å². The summed E-state index contributed by atoms with van der Waals surface area (Å²) in [6.07, 6.45) is 4.28. The van der Waals surface area contributed by atoms with E-state index < -0.39 is 0 Å². The fourth-order valence-corrected chi connectivity index (χ4v) is 1.05. The predicted molar refractivity (Wildman–Crippen MR) is 50.9 cm³/mol. The van der Waals surface area contributed by atoms with Gasteiger partial charge in [-0.05, 0) is 46.6 Å². The fourth-order valence-electron chi connectivity index (χ4n) is 1.05. The lowest BCUT2D eigenvalue weighted by molar-refractivity contribution is 0.277. The Balaban J connectivity index is 0.000000218. The van der Waals surface area contributed by atoms with E-state index in [0.717, 1.165) is 6.54 Å². The second-order valence-corrected chi connectivity index (χ2v) is 3.07. The Morgan fingerprint density at radius 3 is 1.82 bits per heavy atom. The molecule has 1 aliphatic rings. The lowest BCUT2D eigenvalue weighted by Crippen LogP contribution is -2.24. The normalized spacial score (nSPS) is 18.8. The van der Waals surface area contributed by atoms with E-state index in [0.29, 0.717) is 0 Å². The molecule has 0 bridgehead atoms. The van der Waals surface area contributed by atoms with E-state index in [9.17, 15) is 0 Å². The molecule has 1 saturated heterocycles. The molecule has 0 atom stereocenters. The minimum absolute atomic E-state index is 1.07. The molecule has 1 aliphatic heterocycles. The lowest BCUT2D eigenvalue weighted by Gasteiger charge is -2.20. The third-order valence-corrected chi connectivity index (χ3v) is 1.93. The number of nitrogens with one attached hydrogen (secondary N) is 1. The molecular formula is C9H22N2. The minimum atomic E-state index is 1.07. The molecule has 11 heavy (non-hydrogen) atoms. The summed E-state index contributed by atoms with van der Waals surface area (Å²) in [6.45, 7) is 5.78. The van der Waals surface area contributed by atoms with E-state index in [-0.39, 0.29) is 0 Å². The first-order valence-corrected chi connectivity index (χ1v) is 4.64. The Bertz CT molecular complexity index is 66.0. The SMILES string of the molecule is CCNC.CN1CCCCC1. The molecule has 1 rings (SSSR count). The summed E-state index contributed by atoms with van der Waals surface area (Å²) in [5.41, 5.74) is 0. The molecule has 1 fully saturated rings. The molecule has 68 valence electrons. The molecule has 0 spiro atoms. The smallest absolute Gasteiger partial charge is 0.00218 e. The van der Waals surface area contributed by atoms with Gasteiger partial charge in [0.05, 0.1) is 0 Å². The van der Waals surface area contributed by atoms with Crippen molar-refractivity contribution >= 4 is 0 Å². The highest BCUT2D eigenvalue weighted by Gasteiger charge is 2.02. The van der Waals surface area contributed by atoms with Crippen LogP contribution in [0.5, 0.6) is 0 Å². The van der Waals surface area contributed by atoms with Crippen LogP contribution in [0.4, 0.5) is 0 Å². The van der Waals surface area contributed by atoms with Gasteiger partial charge in [0, 0.05) is 0 Å². The van der Waals surface area contributed by atoms with Crippen LogP contribution in [0.15, 0.2) is 0 Å². The summed E-state index contributed by atoms with van der Waals surface area (Å²) in [4.78, 5) is 2.39. The van der Waals surface area contributed by atoms with Gasteiger partial charge in [0.2, 0.25) is 0 Å². The van der Waals surface area contributed by atoms with Crippen molar-refractivity contribution in [3.8, 4) is 0 Å². The van der Waals surface area contributed by atoms with Crippen LogP contribution in [0.1, 0.15) is 26.2 Å². The van der Waals surface area contributed by atoms with E-state index in [1.54, 1.807) is 0 Å². The first-order chi connectivity index (χ1) is 5.31. The van der Waals surface area contributed by atoms with Gasteiger partial charge in [-0.2, -0.15) is 0 Å². The summed E-state index contributed by atoms with van der Waals surface area (Å²) in [7, 11) is 4.12. The number of piperidine rings is 1. The van der Waals surface area contributed by atoms with Crippen LogP contribution in [-0.4, -0.2) is 38.6 Å². The van der Waals surface area contributed by atoms with Crippen molar-refractivity contribution in [1.29, 1.82) is 0 Å². The van der Waals surface area contributed by atoms with Crippen LogP contribution < -0.4 is 5.32 Å². The highest BCUT2D eigenvalue weighted by atomic mass is 15.1. The molecule has 0 aromatic heterocycles. The van der Waals surface area contributed by atoms with E-state index in [4.69, 9.17) is 0 Å². The second kappa shape index (κ2) is 8.02. The number of rotatable bonds is 1. The lowest BCUT2D eigenvalue weighted by atomic mass is 10.1. The molecule has 0 saturated carbocycles. The minimum Gasteiger partial charge on any atom is -0.320 e. The zero-order valence-electron chi connectivity index (χ0n) is 8.19. The summed E-state index contributed by atoms with van der Waals surface area (Å²) >= 11 is 0. The van der Waals surface area contributed by atoms with Gasteiger partial charge in [0.25, 0.3) is 0 Å². The Labute approximate surface area is 71.0 Å². The van der Waals surface area contributed by atoms with Gasteiger partial charge < -0.3 is 10.2 Å². The highest BCUT2D eigenvalue weighted by Crippen LogP contribution is 2.04. The molecule has 2 heteroatoms. The number of hydrogen-bond donors (Lipinski definition) is 1. The van der Waals surface area contributed by atoms with Crippen molar-refractivity contribution in [2.45, 2.75) is 26.2 Å². The molecule has 0 aliphatic carbocycles. The monoisotopic (exact) mass is 158 g/mol. The molecular weight excluding hydrogens is 136 g/mol. The van der Waals surface area contributed by atoms with Crippen molar-refractivity contribution in [2.75, 3.05) is 33.7 Å². The summed E-state index contributed by atoms with van der Waals surface area (Å²) in [5.74, 6) is 0. The third-order valence-electron chi connectivity index (χ3n) is 1.93. The maximum absolute atomic E-state index is 2.93. The molecule has 2 nitrogen and oxygen atoms in total. The number of likely N-dealkylation sites (tertiary alicyclic amines) is 1. The summed E-state index contributed by atoms with van der Waals surface area (Å²) in [5, 5.41) is 2.93. The average Bonchev–Trinajstić information content (AvgIpc) is 2.07. The largest absolute Gasteiger partial charge is 0.320 e.